The van der Waals surface area contributed by atoms with Crippen LogP contribution in [0.4, 0.5) is 0 Å². The smallest absolute Gasteiger partial charge is 0.118 e. The van der Waals surface area contributed by atoms with Crippen molar-refractivity contribution in [2.45, 2.75) is 18.9 Å². The van der Waals surface area contributed by atoms with E-state index in [9.17, 15) is 0 Å². The second kappa shape index (κ2) is 6.73. The Bertz CT molecular complexity index is 525. The number of ether oxygens (including phenoxy) is 1. The fraction of sp³-hybridized carbons (Fsp3) is 0.250. The highest BCUT2D eigenvalue weighted by atomic mass is 79.9. The molecular weight excluding hydrogens is 302 g/mol. The van der Waals surface area contributed by atoms with E-state index >= 15 is 0 Å². The molecule has 2 aromatic rings. The van der Waals surface area contributed by atoms with Crippen LogP contribution >= 0.6 is 15.9 Å². The Morgan fingerprint density at radius 1 is 1.11 bits per heavy atom. The summed E-state index contributed by atoms with van der Waals surface area (Å²) in [6.07, 6.45) is 1.89. The molecule has 2 aromatic carbocycles. The summed E-state index contributed by atoms with van der Waals surface area (Å²) < 4.78 is 6.23. The molecule has 100 valence electrons. The highest BCUT2D eigenvalue weighted by Gasteiger charge is 2.09. The van der Waals surface area contributed by atoms with Crippen LogP contribution in [0.3, 0.4) is 0 Å². The molecule has 0 amide bonds. The third kappa shape index (κ3) is 3.82. The minimum absolute atomic E-state index is 0.0534. The minimum Gasteiger partial charge on any atom is -0.497 e. The van der Waals surface area contributed by atoms with E-state index in [4.69, 9.17) is 10.5 Å². The van der Waals surface area contributed by atoms with Gasteiger partial charge >= 0.3 is 0 Å². The van der Waals surface area contributed by atoms with Crippen LogP contribution in [0.5, 0.6) is 5.75 Å². The van der Waals surface area contributed by atoms with Crippen molar-refractivity contribution in [3.63, 3.8) is 0 Å². The summed E-state index contributed by atoms with van der Waals surface area (Å²) in [5, 5.41) is 0. The Morgan fingerprint density at radius 3 is 2.42 bits per heavy atom. The van der Waals surface area contributed by atoms with E-state index in [2.05, 4.69) is 34.1 Å². The van der Waals surface area contributed by atoms with Crippen LogP contribution in [0.25, 0.3) is 0 Å². The standard InChI is InChI=1S/C16H18BrNO/c1-19-13-9-6-12(7-10-13)8-11-16(18)14-4-2-3-5-15(14)17/h2-7,9-10,16H,8,11,18H2,1H3. The lowest BCUT2D eigenvalue weighted by Gasteiger charge is -2.14. The van der Waals surface area contributed by atoms with Crippen LogP contribution in [-0.4, -0.2) is 7.11 Å². The predicted molar refractivity (Wildman–Crippen MR) is 82.4 cm³/mol. The summed E-state index contributed by atoms with van der Waals surface area (Å²) in [4.78, 5) is 0. The molecule has 0 aliphatic heterocycles. The van der Waals surface area contributed by atoms with E-state index in [1.54, 1.807) is 7.11 Å². The molecule has 0 spiro atoms. The SMILES string of the molecule is COc1ccc(CCC(N)c2ccccc2Br)cc1. The number of nitrogens with two attached hydrogens (primary N) is 1. The van der Waals surface area contributed by atoms with Crippen LogP contribution in [0.15, 0.2) is 53.0 Å². The quantitative estimate of drug-likeness (QED) is 0.900. The largest absolute Gasteiger partial charge is 0.497 e. The Kier molecular flexibility index (Phi) is 5.00. The van der Waals surface area contributed by atoms with Gasteiger partial charge in [-0.15, -0.1) is 0 Å². The topological polar surface area (TPSA) is 35.2 Å². The summed E-state index contributed by atoms with van der Waals surface area (Å²) in [5.74, 6) is 0.888. The Balaban J connectivity index is 1.96. The molecule has 0 aliphatic carbocycles. The number of benzene rings is 2. The molecule has 2 nitrogen and oxygen atoms in total. The number of aryl methyl sites for hydroxylation is 1. The summed E-state index contributed by atoms with van der Waals surface area (Å²) in [7, 11) is 1.68. The Labute approximate surface area is 122 Å². The van der Waals surface area contributed by atoms with Crippen LogP contribution in [0.1, 0.15) is 23.6 Å². The lowest BCUT2D eigenvalue weighted by atomic mass is 10.00. The first-order chi connectivity index (χ1) is 9.20. The maximum atomic E-state index is 6.25. The fourth-order valence-electron chi connectivity index (χ4n) is 2.05. The third-order valence-electron chi connectivity index (χ3n) is 3.21. The molecule has 0 heterocycles. The first-order valence-electron chi connectivity index (χ1n) is 6.33. The normalized spacial score (nSPS) is 12.2. The maximum Gasteiger partial charge on any atom is 0.118 e. The van der Waals surface area contributed by atoms with Gasteiger partial charge in [0.15, 0.2) is 0 Å². The van der Waals surface area contributed by atoms with Gasteiger partial charge in [-0.05, 0) is 42.2 Å². The molecular formula is C16H18BrNO. The maximum absolute atomic E-state index is 6.25. The summed E-state index contributed by atoms with van der Waals surface area (Å²) in [6, 6.07) is 16.3. The van der Waals surface area contributed by atoms with Crippen molar-refractivity contribution >= 4 is 15.9 Å². The number of halogens is 1. The molecule has 0 aliphatic rings. The van der Waals surface area contributed by atoms with Gasteiger partial charge in [-0.1, -0.05) is 46.3 Å². The highest BCUT2D eigenvalue weighted by Crippen LogP contribution is 2.25. The van der Waals surface area contributed by atoms with Crippen molar-refractivity contribution in [3.05, 3.63) is 64.1 Å². The van der Waals surface area contributed by atoms with E-state index in [0.717, 1.165) is 28.6 Å². The average molecular weight is 320 g/mol. The molecule has 0 fully saturated rings. The van der Waals surface area contributed by atoms with Gasteiger partial charge in [0.25, 0.3) is 0 Å². The lowest BCUT2D eigenvalue weighted by molar-refractivity contribution is 0.414. The fourth-order valence-corrected chi connectivity index (χ4v) is 2.62. The molecule has 1 unspecified atom stereocenters. The van der Waals surface area contributed by atoms with Crippen molar-refractivity contribution in [2.24, 2.45) is 5.73 Å². The summed E-state index contributed by atoms with van der Waals surface area (Å²) >= 11 is 3.55. The summed E-state index contributed by atoms with van der Waals surface area (Å²) in [5.41, 5.74) is 8.69. The number of methoxy groups -OCH3 is 1. The van der Waals surface area contributed by atoms with Crippen molar-refractivity contribution in [3.8, 4) is 5.75 Å². The average Bonchev–Trinajstić information content (AvgIpc) is 2.46. The zero-order chi connectivity index (χ0) is 13.7. The second-order valence-corrected chi connectivity index (χ2v) is 5.37. The van der Waals surface area contributed by atoms with E-state index in [0.29, 0.717) is 0 Å². The lowest BCUT2D eigenvalue weighted by Crippen LogP contribution is -2.11. The van der Waals surface area contributed by atoms with Crippen molar-refractivity contribution < 1.29 is 4.74 Å². The zero-order valence-electron chi connectivity index (χ0n) is 11.0. The molecule has 0 saturated heterocycles. The summed E-state index contributed by atoms with van der Waals surface area (Å²) in [6.45, 7) is 0. The molecule has 0 bridgehead atoms. The number of hydrogen-bond acceptors (Lipinski definition) is 2. The van der Waals surface area contributed by atoms with Gasteiger partial charge in [-0.2, -0.15) is 0 Å². The molecule has 19 heavy (non-hydrogen) atoms. The van der Waals surface area contributed by atoms with E-state index in [-0.39, 0.29) is 6.04 Å². The highest BCUT2D eigenvalue weighted by molar-refractivity contribution is 9.10. The van der Waals surface area contributed by atoms with Crippen LogP contribution < -0.4 is 10.5 Å². The van der Waals surface area contributed by atoms with Gasteiger partial charge in [0.1, 0.15) is 5.75 Å². The molecule has 2 rings (SSSR count). The second-order valence-electron chi connectivity index (χ2n) is 4.51. The van der Waals surface area contributed by atoms with Gasteiger partial charge in [-0.3, -0.25) is 0 Å². The van der Waals surface area contributed by atoms with Gasteiger partial charge in [0.05, 0.1) is 7.11 Å². The Morgan fingerprint density at radius 2 is 1.79 bits per heavy atom. The molecule has 3 heteroatoms. The molecule has 2 N–H and O–H groups in total. The number of hydrogen-bond donors (Lipinski definition) is 1. The zero-order valence-corrected chi connectivity index (χ0v) is 12.6. The van der Waals surface area contributed by atoms with Gasteiger partial charge in [-0.25, -0.2) is 0 Å². The molecule has 1 atom stereocenters. The van der Waals surface area contributed by atoms with Crippen molar-refractivity contribution in [1.82, 2.24) is 0 Å². The molecule has 0 radical (unpaired) electrons. The van der Waals surface area contributed by atoms with E-state index in [1.165, 1.54) is 5.56 Å². The van der Waals surface area contributed by atoms with E-state index in [1.807, 2.05) is 30.3 Å². The first kappa shape index (κ1) is 14.1. The van der Waals surface area contributed by atoms with Crippen molar-refractivity contribution in [1.29, 1.82) is 0 Å². The molecule has 0 saturated carbocycles. The van der Waals surface area contributed by atoms with Gasteiger partial charge in [0, 0.05) is 10.5 Å². The van der Waals surface area contributed by atoms with Gasteiger partial charge in [0.2, 0.25) is 0 Å². The van der Waals surface area contributed by atoms with Crippen LogP contribution in [-0.2, 0) is 6.42 Å². The Hall–Kier alpha value is -1.32. The van der Waals surface area contributed by atoms with Crippen LogP contribution in [0.2, 0.25) is 0 Å². The number of rotatable bonds is 5. The monoisotopic (exact) mass is 319 g/mol. The third-order valence-corrected chi connectivity index (χ3v) is 3.93. The van der Waals surface area contributed by atoms with Gasteiger partial charge < -0.3 is 10.5 Å². The molecule has 0 aromatic heterocycles. The minimum atomic E-state index is 0.0534. The predicted octanol–water partition coefficient (Wildman–Crippen LogP) is 4.09. The van der Waals surface area contributed by atoms with Crippen LogP contribution in [0, 0.1) is 0 Å². The van der Waals surface area contributed by atoms with Crippen molar-refractivity contribution in [2.75, 3.05) is 7.11 Å². The van der Waals surface area contributed by atoms with E-state index < -0.39 is 0 Å². The first-order valence-corrected chi connectivity index (χ1v) is 7.13.